The van der Waals surface area contributed by atoms with Gasteiger partial charge in [-0.15, -0.1) is 0 Å². The Morgan fingerprint density at radius 2 is 2.09 bits per heavy atom. The minimum atomic E-state index is -4.73. The lowest BCUT2D eigenvalue weighted by molar-refractivity contribution is -0.124. The number of rotatable bonds is 4. The van der Waals surface area contributed by atoms with E-state index in [-0.39, 0.29) is 5.91 Å². The number of nitrogens with zero attached hydrogens (tertiary/aromatic N) is 3. The van der Waals surface area contributed by atoms with Crippen molar-refractivity contribution in [3.8, 4) is 0 Å². The van der Waals surface area contributed by atoms with Crippen LogP contribution in [0, 0.1) is 0 Å². The standard InChI is InChI=1S/C10H15N4O8P/c15-6-4(1-21-23(18,19)20)22-10(7(6)16)14-3-13-5-8(14)11-2-12-9(5)17/h2-8,10,15-16H,1H2,(H,11,12,17)(H2,18,19,20)/t4-,5+,6+,7-,8+,10-/m1/s1. The van der Waals surface area contributed by atoms with Gasteiger partial charge in [-0.1, -0.05) is 0 Å². The maximum Gasteiger partial charge on any atom is 0.469 e. The number of carbonyl (C=O) groups is 1. The van der Waals surface area contributed by atoms with E-state index in [1.54, 1.807) is 0 Å². The summed E-state index contributed by atoms with van der Waals surface area (Å²) in [5.41, 5.74) is 0. The molecule has 0 aliphatic carbocycles. The minimum absolute atomic E-state index is 0.363. The van der Waals surface area contributed by atoms with Crippen LogP contribution in [-0.4, -0.2) is 86.8 Å². The van der Waals surface area contributed by atoms with Gasteiger partial charge in [0, 0.05) is 0 Å². The van der Waals surface area contributed by atoms with Gasteiger partial charge in [0.05, 0.1) is 19.3 Å². The zero-order chi connectivity index (χ0) is 16.8. The molecule has 13 heteroatoms. The summed E-state index contributed by atoms with van der Waals surface area (Å²) >= 11 is 0. The Labute approximate surface area is 129 Å². The smallest absolute Gasteiger partial charge is 0.387 e. The van der Waals surface area contributed by atoms with Crippen LogP contribution in [0.4, 0.5) is 0 Å². The predicted octanol–water partition coefficient (Wildman–Crippen LogP) is -3.26. The number of amides is 1. The lowest BCUT2D eigenvalue weighted by atomic mass is 10.1. The van der Waals surface area contributed by atoms with Crippen molar-refractivity contribution < 1.29 is 38.6 Å². The lowest BCUT2D eigenvalue weighted by Gasteiger charge is -2.31. The number of nitrogens with one attached hydrogen (secondary N) is 1. The van der Waals surface area contributed by atoms with Gasteiger partial charge in [0.2, 0.25) is 0 Å². The molecule has 1 saturated heterocycles. The van der Waals surface area contributed by atoms with Crippen LogP contribution in [0.25, 0.3) is 0 Å². The van der Waals surface area contributed by atoms with Crippen molar-refractivity contribution >= 4 is 26.4 Å². The summed E-state index contributed by atoms with van der Waals surface area (Å²) < 4.78 is 20.4. The zero-order valence-corrected chi connectivity index (χ0v) is 12.4. The normalized spacial score (nSPS) is 39.7. The van der Waals surface area contributed by atoms with Gasteiger partial charge in [-0.2, -0.15) is 0 Å². The molecule has 23 heavy (non-hydrogen) atoms. The van der Waals surface area contributed by atoms with E-state index in [1.807, 2.05) is 0 Å². The molecule has 0 unspecified atom stereocenters. The Balaban J connectivity index is 1.70. The summed E-state index contributed by atoms with van der Waals surface area (Å²) in [7, 11) is -4.73. The second-order valence-corrected chi connectivity index (χ2v) is 6.43. The van der Waals surface area contributed by atoms with Crippen LogP contribution in [0.2, 0.25) is 0 Å². The van der Waals surface area contributed by atoms with E-state index in [0.717, 1.165) is 0 Å². The second kappa shape index (κ2) is 5.91. The molecule has 1 fully saturated rings. The Morgan fingerprint density at radius 3 is 2.78 bits per heavy atom. The topological polar surface area (TPSA) is 174 Å². The molecule has 3 aliphatic rings. The number of aliphatic imine (C=N–C) groups is 2. The summed E-state index contributed by atoms with van der Waals surface area (Å²) in [5.74, 6) is -0.363. The first-order valence-electron chi connectivity index (χ1n) is 6.62. The lowest BCUT2D eigenvalue weighted by Crippen LogP contribution is -2.53. The third kappa shape index (κ3) is 3.15. The molecule has 0 radical (unpaired) electrons. The largest absolute Gasteiger partial charge is 0.469 e. The van der Waals surface area contributed by atoms with E-state index < -0.39 is 51.2 Å². The SMILES string of the molecule is O=C1NC=N[C@@H]2[C@@H]1N=CN2[C@@H]1O[C@H](COP(=O)(O)O)[C@H](O)[C@H]1O. The minimum Gasteiger partial charge on any atom is -0.387 e. The molecule has 0 spiro atoms. The maximum absolute atomic E-state index is 11.7. The predicted molar refractivity (Wildman–Crippen MR) is 73.2 cm³/mol. The first-order chi connectivity index (χ1) is 10.8. The first kappa shape index (κ1) is 16.5. The fraction of sp³-hybridized carbons (Fsp3) is 0.700. The van der Waals surface area contributed by atoms with Crippen molar-refractivity contribution in [1.82, 2.24) is 10.2 Å². The van der Waals surface area contributed by atoms with Crippen molar-refractivity contribution in [2.24, 2.45) is 9.98 Å². The summed E-state index contributed by atoms with van der Waals surface area (Å²) in [4.78, 5) is 38.4. The number of fused-ring (bicyclic) bond motifs is 1. The molecule has 0 aromatic heterocycles. The molecular formula is C10H15N4O8P. The van der Waals surface area contributed by atoms with Crippen LogP contribution in [0.5, 0.6) is 0 Å². The molecule has 3 aliphatic heterocycles. The van der Waals surface area contributed by atoms with Crippen molar-refractivity contribution in [3.05, 3.63) is 0 Å². The highest BCUT2D eigenvalue weighted by molar-refractivity contribution is 7.46. The third-order valence-corrected chi connectivity index (χ3v) is 4.17. The van der Waals surface area contributed by atoms with Crippen molar-refractivity contribution in [2.45, 2.75) is 36.7 Å². The average Bonchev–Trinajstić information content (AvgIpc) is 3.01. The van der Waals surface area contributed by atoms with Gasteiger partial charge >= 0.3 is 7.82 Å². The van der Waals surface area contributed by atoms with Gasteiger partial charge < -0.3 is 35.0 Å². The van der Waals surface area contributed by atoms with Crippen LogP contribution >= 0.6 is 7.82 Å². The molecule has 3 heterocycles. The quantitative estimate of drug-likeness (QED) is 0.326. The highest BCUT2D eigenvalue weighted by Crippen LogP contribution is 2.37. The number of aliphatic hydroxyl groups excluding tert-OH is 2. The van der Waals surface area contributed by atoms with E-state index in [4.69, 9.17) is 14.5 Å². The van der Waals surface area contributed by atoms with Gasteiger partial charge in [-0.3, -0.25) is 14.3 Å². The van der Waals surface area contributed by atoms with E-state index in [9.17, 15) is 19.6 Å². The fourth-order valence-corrected chi connectivity index (χ4v) is 2.92. The Hall–Kier alpha value is -1.40. The fourth-order valence-electron chi connectivity index (χ4n) is 2.58. The van der Waals surface area contributed by atoms with E-state index in [1.165, 1.54) is 17.6 Å². The highest BCUT2D eigenvalue weighted by Gasteiger charge is 2.50. The van der Waals surface area contributed by atoms with Crippen LogP contribution < -0.4 is 5.32 Å². The third-order valence-electron chi connectivity index (χ3n) is 3.69. The number of carbonyl (C=O) groups excluding carboxylic acids is 1. The van der Waals surface area contributed by atoms with Gasteiger partial charge in [0.15, 0.2) is 18.4 Å². The van der Waals surface area contributed by atoms with Gasteiger partial charge in [0.25, 0.3) is 5.91 Å². The van der Waals surface area contributed by atoms with E-state index in [0.29, 0.717) is 0 Å². The van der Waals surface area contributed by atoms with Crippen LogP contribution in [0.15, 0.2) is 9.98 Å². The van der Waals surface area contributed by atoms with E-state index >= 15 is 0 Å². The van der Waals surface area contributed by atoms with Crippen LogP contribution in [0.1, 0.15) is 0 Å². The average molecular weight is 350 g/mol. The Bertz CT molecular complexity index is 593. The molecule has 12 nitrogen and oxygen atoms in total. The summed E-state index contributed by atoms with van der Waals surface area (Å²) in [5, 5.41) is 22.4. The molecule has 128 valence electrons. The second-order valence-electron chi connectivity index (χ2n) is 5.19. The summed E-state index contributed by atoms with van der Waals surface area (Å²) in [6.45, 7) is -0.609. The Morgan fingerprint density at radius 1 is 1.35 bits per heavy atom. The van der Waals surface area contributed by atoms with Gasteiger partial charge in [-0.25, -0.2) is 9.56 Å². The van der Waals surface area contributed by atoms with Crippen molar-refractivity contribution in [2.75, 3.05) is 6.61 Å². The molecule has 0 saturated carbocycles. The summed E-state index contributed by atoms with van der Waals surface area (Å²) in [6, 6.07) is -0.793. The Kier molecular flexibility index (Phi) is 4.23. The van der Waals surface area contributed by atoms with Crippen LogP contribution in [-0.2, 0) is 18.6 Å². The maximum atomic E-state index is 11.7. The zero-order valence-electron chi connectivity index (χ0n) is 11.5. The molecule has 6 atom stereocenters. The van der Waals surface area contributed by atoms with Crippen molar-refractivity contribution in [3.63, 3.8) is 0 Å². The van der Waals surface area contributed by atoms with Gasteiger partial charge in [0.1, 0.15) is 18.3 Å². The molecule has 0 aromatic carbocycles. The number of ether oxygens (including phenoxy) is 1. The molecular weight excluding hydrogens is 335 g/mol. The molecule has 5 N–H and O–H groups in total. The number of hydrogen-bond acceptors (Lipinski definition) is 9. The molecule has 0 bridgehead atoms. The number of hydrogen-bond donors (Lipinski definition) is 5. The van der Waals surface area contributed by atoms with Crippen molar-refractivity contribution in [1.29, 1.82) is 0 Å². The van der Waals surface area contributed by atoms with Gasteiger partial charge in [-0.05, 0) is 0 Å². The highest BCUT2D eigenvalue weighted by atomic mass is 31.2. The number of phosphoric acid groups is 1. The summed E-state index contributed by atoms with van der Waals surface area (Å²) in [6.07, 6.45) is -3.31. The molecule has 1 amide bonds. The number of phosphoric ester groups is 1. The van der Waals surface area contributed by atoms with Crippen LogP contribution in [0.3, 0.4) is 0 Å². The first-order valence-corrected chi connectivity index (χ1v) is 8.15. The molecule has 3 rings (SSSR count). The van der Waals surface area contributed by atoms with E-state index in [2.05, 4.69) is 19.8 Å². The molecule has 0 aromatic rings. The number of aliphatic hydroxyl groups is 2. The monoisotopic (exact) mass is 350 g/mol.